The van der Waals surface area contributed by atoms with Gasteiger partial charge in [0, 0.05) is 0 Å². The van der Waals surface area contributed by atoms with Crippen molar-refractivity contribution in [3.8, 4) is 0 Å². The molecule has 0 bridgehead atoms. The first-order valence-corrected chi connectivity index (χ1v) is 10.4. The minimum absolute atomic E-state index is 0.00733. The molecule has 0 saturated heterocycles. The Morgan fingerprint density at radius 2 is 1.50 bits per heavy atom. The van der Waals surface area contributed by atoms with Gasteiger partial charge in [0.1, 0.15) is 0 Å². The van der Waals surface area contributed by atoms with E-state index >= 15 is 0 Å². The molecular formula is C21H36O3. The zero-order chi connectivity index (χ0) is 17.3. The maximum atomic E-state index is 10.9. The van der Waals surface area contributed by atoms with Crippen LogP contribution < -0.4 is 0 Å². The molecule has 3 N–H and O–H groups in total. The van der Waals surface area contributed by atoms with Gasteiger partial charge in [-0.05, 0) is 85.4 Å². The van der Waals surface area contributed by atoms with Crippen LogP contribution in [0, 0.1) is 40.4 Å². The van der Waals surface area contributed by atoms with Gasteiger partial charge in [0.25, 0.3) is 0 Å². The lowest BCUT2D eigenvalue weighted by molar-refractivity contribution is -0.194. The van der Waals surface area contributed by atoms with E-state index in [1.807, 2.05) is 0 Å². The first-order valence-electron chi connectivity index (χ1n) is 10.4. The molecule has 0 aromatic rings. The van der Waals surface area contributed by atoms with Crippen molar-refractivity contribution in [2.75, 3.05) is 0 Å². The van der Waals surface area contributed by atoms with Gasteiger partial charge in [-0.3, -0.25) is 0 Å². The molecule has 0 unspecified atom stereocenters. The Morgan fingerprint density at radius 3 is 2.21 bits per heavy atom. The SMILES string of the molecule is CC[C@H]1CC[C@H]2[C@@H]3C[C@H](O)[C@H]4C[C@H](O)[C@@H](O)C[C@]4(C)[C@H]3CC[C@]12C. The number of hydrogen-bond donors (Lipinski definition) is 3. The molecule has 24 heavy (non-hydrogen) atoms. The van der Waals surface area contributed by atoms with Gasteiger partial charge >= 0.3 is 0 Å². The van der Waals surface area contributed by atoms with Crippen molar-refractivity contribution in [3.63, 3.8) is 0 Å². The molecule has 4 fully saturated rings. The first-order chi connectivity index (χ1) is 11.3. The molecular weight excluding hydrogens is 300 g/mol. The highest BCUT2D eigenvalue weighted by Crippen LogP contribution is 2.67. The first kappa shape index (κ1) is 17.3. The average Bonchev–Trinajstić information content (AvgIpc) is 2.87. The Balaban J connectivity index is 1.66. The van der Waals surface area contributed by atoms with Gasteiger partial charge in [-0.25, -0.2) is 0 Å². The lowest BCUT2D eigenvalue weighted by Crippen LogP contribution is -2.60. The van der Waals surface area contributed by atoms with Crippen LogP contribution in [0.3, 0.4) is 0 Å². The molecule has 4 saturated carbocycles. The van der Waals surface area contributed by atoms with Crippen LogP contribution in [0.1, 0.15) is 72.1 Å². The second kappa shape index (κ2) is 5.69. The molecule has 0 aliphatic heterocycles. The number of fused-ring (bicyclic) bond motifs is 5. The van der Waals surface area contributed by atoms with Crippen molar-refractivity contribution < 1.29 is 15.3 Å². The molecule has 0 aromatic heterocycles. The average molecular weight is 337 g/mol. The molecule has 3 heteroatoms. The summed E-state index contributed by atoms with van der Waals surface area (Å²) in [4.78, 5) is 0. The van der Waals surface area contributed by atoms with E-state index in [0.717, 1.165) is 18.3 Å². The minimum Gasteiger partial charge on any atom is -0.393 e. The number of aliphatic hydroxyl groups excluding tert-OH is 3. The summed E-state index contributed by atoms with van der Waals surface area (Å²) in [5.74, 6) is 2.98. The van der Waals surface area contributed by atoms with Gasteiger partial charge in [-0.15, -0.1) is 0 Å². The van der Waals surface area contributed by atoms with Crippen LogP contribution in [0.4, 0.5) is 0 Å². The predicted octanol–water partition coefficient (Wildman–Crippen LogP) is 3.36. The lowest BCUT2D eigenvalue weighted by atomic mass is 9.44. The van der Waals surface area contributed by atoms with Gasteiger partial charge < -0.3 is 15.3 Å². The summed E-state index contributed by atoms with van der Waals surface area (Å²) in [6.07, 6.45) is 7.12. The summed E-state index contributed by atoms with van der Waals surface area (Å²) in [7, 11) is 0. The van der Waals surface area contributed by atoms with E-state index in [-0.39, 0.29) is 17.4 Å². The smallest absolute Gasteiger partial charge is 0.0804 e. The summed E-state index contributed by atoms with van der Waals surface area (Å²) in [5.41, 5.74) is 0.457. The largest absolute Gasteiger partial charge is 0.393 e. The highest BCUT2D eigenvalue weighted by molar-refractivity contribution is 5.11. The highest BCUT2D eigenvalue weighted by atomic mass is 16.3. The summed E-state index contributed by atoms with van der Waals surface area (Å²) >= 11 is 0. The van der Waals surface area contributed by atoms with Crippen molar-refractivity contribution in [2.45, 2.75) is 90.4 Å². The molecule has 0 spiro atoms. The van der Waals surface area contributed by atoms with Crippen LogP contribution in [-0.2, 0) is 0 Å². The van der Waals surface area contributed by atoms with Gasteiger partial charge in [0.05, 0.1) is 18.3 Å². The predicted molar refractivity (Wildman–Crippen MR) is 94.3 cm³/mol. The maximum absolute atomic E-state index is 10.9. The zero-order valence-electron chi connectivity index (χ0n) is 15.6. The minimum atomic E-state index is -0.654. The number of rotatable bonds is 1. The van der Waals surface area contributed by atoms with E-state index in [4.69, 9.17) is 0 Å². The molecule has 4 aliphatic carbocycles. The molecule has 0 amide bonds. The molecule has 10 atom stereocenters. The molecule has 138 valence electrons. The van der Waals surface area contributed by atoms with E-state index in [1.165, 1.54) is 32.1 Å². The van der Waals surface area contributed by atoms with Crippen LogP contribution in [0.25, 0.3) is 0 Å². The molecule has 0 heterocycles. The second-order valence-electron chi connectivity index (χ2n) is 10.1. The Labute approximate surface area is 146 Å². The highest BCUT2D eigenvalue weighted by Gasteiger charge is 2.62. The third-order valence-electron chi connectivity index (χ3n) is 9.39. The topological polar surface area (TPSA) is 60.7 Å². The van der Waals surface area contributed by atoms with Crippen LogP contribution in [-0.4, -0.2) is 33.6 Å². The van der Waals surface area contributed by atoms with E-state index in [0.29, 0.717) is 30.1 Å². The van der Waals surface area contributed by atoms with Crippen LogP contribution >= 0.6 is 0 Å². The van der Waals surface area contributed by atoms with Crippen molar-refractivity contribution in [3.05, 3.63) is 0 Å². The second-order valence-corrected chi connectivity index (χ2v) is 10.1. The monoisotopic (exact) mass is 336 g/mol. The van der Waals surface area contributed by atoms with Gasteiger partial charge in [0.15, 0.2) is 0 Å². The van der Waals surface area contributed by atoms with Gasteiger partial charge in [0.2, 0.25) is 0 Å². The van der Waals surface area contributed by atoms with Crippen molar-refractivity contribution >= 4 is 0 Å². The summed E-state index contributed by atoms with van der Waals surface area (Å²) < 4.78 is 0. The van der Waals surface area contributed by atoms with Crippen LogP contribution in [0.2, 0.25) is 0 Å². The number of aliphatic hydroxyl groups is 3. The van der Waals surface area contributed by atoms with E-state index in [9.17, 15) is 15.3 Å². The third-order valence-corrected chi connectivity index (χ3v) is 9.39. The van der Waals surface area contributed by atoms with Crippen LogP contribution in [0.5, 0.6) is 0 Å². The van der Waals surface area contributed by atoms with Crippen LogP contribution in [0.15, 0.2) is 0 Å². The van der Waals surface area contributed by atoms with Gasteiger partial charge in [-0.1, -0.05) is 27.2 Å². The Bertz CT molecular complexity index is 493. The number of hydrogen-bond acceptors (Lipinski definition) is 3. The normalized spacial score (nSPS) is 60.2. The molecule has 4 rings (SSSR count). The van der Waals surface area contributed by atoms with Crippen molar-refractivity contribution in [1.29, 1.82) is 0 Å². The fraction of sp³-hybridized carbons (Fsp3) is 1.00. The fourth-order valence-corrected chi connectivity index (χ4v) is 8.10. The van der Waals surface area contributed by atoms with Crippen molar-refractivity contribution in [1.82, 2.24) is 0 Å². The maximum Gasteiger partial charge on any atom is 0.0804 e. The Morgan fingerprint density at radius 1 is 0.792 bits per heavy atom. The molecule has 0 radical (unpaired) electrons. The molecule has 0 aromatic carbocycles. The van der Waals surface area contributed by atoms with Crippen molar-refractivity contribution in [2.24, 2.45) is 40.4 Å². The standard InChI is InChI=1S/C21H36O3/c1-4-12-5-6-14-13-9-17(22)16-10-18(23)19(24)11-21(16,3)15(13)7-8-20(12,14)2/h12-19,22-24H,4-11H2,1-3H3/t12-,13-,14-,15-,16+,17-,18-,19-,20+,21+/m0/s1. The fourth-order valence-electron chi connectivity index (χ4n) is 8.10. The Hall–Kier alpha value is -0.120. The summed E-state index contributed by atoms with van der Waals surface area (Å²) in [5, 5.41) is 31.4. The van der Waals surface area contributed by atoms with E-state index < -0.39 is 12.2 Å². The van der Waals surface area contributed by atoms with Gasteiger partial charge in [-0.2, -0.15) is 0 Å². The summed E-state index contributed by atoms with van der Waals surface area (Å²) in [6.45, 7) is 7.17. The Kier molecular flexibility index (Phi) is 4.10. The van der Waals surface area contributed by atoms with E-state index in [2.05, 4.69) is 20.8 Å². The molecule has 3 nitrogen and oxygen atoms in total. The third kappa shape index (κ3) is 2.20. The lowest BCUT2D eigenvalue weighted by Gasteiger charge is -2.62. The zero-order valence-corrected chi connectivity index (χ0v) is 15.6. The van der Waals surface area contributed by atoms with E-state index in [1.54, 1.807) is 0 Å². The quantitative estimate of drug-likeness (QED) is 0.688. The molecule has 4 aliphatic rings. The summed E-state index contributed by atoms with van der Waals surface area (Å²) in [6, 6.07) is 0.